The van der Waals surface area contributed by atoms with Crippen molar-refractivity contribution in [3.8, 4) is 0 Å². The Kier molecular flexibility index (Phi) is 4.62. The number of aliphatic hydroxyl groups is 1. The lowest BCUT2D eigenvalue weighted by Gasteiger charge is -2.27. The summed E-state index contributed by atoms with van der Waals surface area (Å²) in [6.07, 6.45) is -4.50. The number of hydrogen-bond donors (Lipinski definition) is 3. The molecule has 1 saturated heterocycles. The molecule has 2 aliphatic rings. The molecule has 0 saturated carbocycles. The number of hydrogen-bond acceptors (Lipinski definition) is 4. The third kappa shape index (κ3) is 3.61. The van der Waals surface area contributed by atoms with E-state index in [0.29, 0.717) is 11.1 Å². The number of nitrogens with zero attached hydrogens (tertiary/aromatic N) is 1. The summed E-state index contributed by atoms with van der Waals surface area (Å²) in [7, 11) is 0. The molecule has 1 unspecified atom stereocenters. The highest BCUT2D eigenvalue weighted by molar-refractivity contribution is 6.06. The topological polar surface area (TPSA) is 98.7 Å². The molecule has 7 nitrogen and oxygen atoms in total. The molecule has 0 aromatic heterocycles. The largest absolute Gasteiger partial charge is 0.416 e. The number of rotatable bonds is 4. The highest BCUT2D eigenvalue weighted by atomic mass is 19.4. The zero-order valence-electron chi connectivity index (χ0n) is 14.4. The van der Waals surface area contributed by atoms with Crippen molar-refractivity contribution in [3.05, 3.63) is 34.9 Å². The predicted octanol–water partition coefficient (Wildman–Crippen LogP) is 1.49. The van der Waals surface area contributed by atoms with Crippen molar-refractivity contribution in [2.45, 2.75) is 44.8 Å². The van der Waals surface area contributed by atoms with Crippen LogP contribution in [0.15, 0.2) is 18.2 Å². The molecule has 3 N–H and O–H groups in total. The van der Waals surface area contributed by atoms with Gasteiger partial charge in [0.2, 0.25) is 11.6 Å². The van der Waals surface area contributed by atoms with Gasteiger partial charge in [0.25, 0.3) is 5.91 Å². The van der Waals surface area contributed by atoms with Gasteiger partial charge in [-0.2, -0.15) is 13.2 Å². The molecule has 10 heteroatoms. The number of halogens is 3. The molecule has 146 valence electrons. The van der Waals surface area contributed by atoms with Crippen LogP contribution >= 0.6 is 0 Å². The number of nitrogens with one attached hydrogen (secondary N) is 2. The summed E-state index contributed by atoms with van der Waals surface area (Å²) in [5, 5.41) is 14.3. The van der Waals surface area contributed by atoms with Gasteiger partial charge >= 0.3 is 12.2 Å². The Labute approximate surface area is 152 Å². The van der Waals surface area contributed by atoms with Crippen LogP contribution in [0.2, 0.25) is 0 Å². The van der Waals surface area contributed by atoms with E-state index in [4.69, 9.17) is 0 Å². The van der Waals surface area contributed by atoms with E-state index < -0.39 is 41.2 Å². The molecule has 0 radical (unpaired) electrons. The average molecular weight is 385 g/mol. The Bertz CT molecular complexity index is 811. The van der Waals surface area contributed by atoms with Crippen molar-refractivity contribution in [2.75, 3.05) is 0 Å². The van der Waals surface area contributed by atoms with E-state index in [9.17, 15) is 32.7 Å². The Morgan fingerprint density at radius 1 is 1.30 bits per heavy atom. The predicted molar refractivity (Wildman–Crippen MR) is 85.7 cm³/mol. The van der Waals surface area contributed by atoms with Gasteiger partial charge in [-0.15, -0.1) is 0 Å². The molecule has 0 aliphatic carbocycles. The maximum atomic E-state index is 12.9. The van der Waals surface area contributed by atoms with Crippen molar-refractivity contribution in [3.63, 3.8) is 0 Å². The fraction of sp³-hybridized carbons (Fsp3) is 0.471. The summed E-state index contributed by atoms with van der Waals surface area (Å²) < 4.78 is 38.6. The molecule has 1 fully saturated rings. The van der Waals surface area contributed by atoms with Gasteiger partial charge in [-0.25, -0.2) is 4.79 Å². The summed E-state index contributed by atoms with van der Waals surface area (Å²) in [6, 6.07) is 2.51. The van der Waals surface area contributed by atoms with E-state index in [2.05, 4.69) is 5.32 Å². The quantitative estimate of drug-likeness (QED) is 0.684. The van der Waals surface area contributed by atoms with Gasteiger partial charge in [0, 0.05) is 25.4 Å². The van der Waals surface area contributed by atoms with E-state index in [0.717, 1.165) is 12.1 Å². The van der Waals surface area contributed by atoms with Crippen LogP contribution < -0.4 is 10.6 Å². The molecular formula is C17H18F3N3O4. The first kappa shape index (κ1) is 19.2. The first-order chi connectivity index (χ1) is 12.5. The fourth-order valence-corrected chi connectivity index (χ4v) is 3.37. The molecule has 1 aromatic carbocycles. The summed E-state index contributed by atoms with van der Waals surface area (Å²) in [4.78, 5) is 37.2. The van der Waals surface area contributed by atoms with E-state index in [1.165, 1.54) is 11.0 Å². The van der Waals surface area contributed by atoms with Crippen molar-refractivity contribution < 1.29 is 32.7 Å². The molecule has 4 amide bonds. The summed E-state index contributed by atoms with van der Waals surface area (Å²) in [5.41, 5.74) is -1.92. The van der Waals surface area contributed by atoms with Gasteiger partial charge in [0.1, 0.15) is 0 Å². The molecule has 2 heterocycles. The number of urea groups is 1. The third-order valence-corrected chi connectivity index (χ3v) is 4.87. The van der Waals surface area contributed by atoms with Crippen molar-refractivity contribution in [1.29, 1.82) is 0 Å². The molecule has 27 heavy (non-hydrogen) atoms. The van der Waals surface area contributed by atoms with Gasteiger partial charge in [-0.3, -0.25) is 14.9 Å². The molecular weight excluding hydrogens is 367 g/mol. The highest BCUT2D eigenvalue weighted by Gasteiger charge is 2.47. The maximum absolute atomic E-state index is 12.9. The normalized spacial score (nSPS) is 23.1. The van der Waals surface area contributed by atoms with Crippen molar-refractivity contribution in [1.82, 2.24) is 15.5 Å². The SMILES string of the molecule is CCC(C[C@@]1(O)NC(=O)NC1=O)C(=O)N1Cc2ccc(C(F)(F)F)cc2C1. The standard InChI is InChI=1S/C17H18F3N3O4/c1-2-9(6-16(27)14(25)21-15(26)22-16)13(24)23-7-10-3-4-12(17(18,19)20)5-11(10)8-23/h3-5,9,27H,2,6-8H2,1H3,(H2,21,22,25,26)/t9?,16-/m0/s1. The van der Waals surface area contributed by atoms with E-state index in [1.54, 1.807) is 6.92 Å². The minimum Gasteiger partial charge on any atom is -0.363 e. The zero-order chi connectivity index (χ0) is 20.0. The van der Waals surface area contributed by atoms with Crippen LogP contribution in [0.25, 0.3) is 0 Å². The fourth-order valence-electron chi connectivity index (χ4n) is 3.37. The first-order valence-electron chi connectivity index (χ1n) is 8.37. The highest BCUT2D eigenvalue weighted by Crippen LogP contribution is 2.34. The number of amides is 4. The Morgan fingerprint density at radius 2 is 1.96 bits per heavy atom. The molecule has 0 bridgehead atoms. The lowest BCUT2D eigenvalue weighted by molar-refractivity contribution is -0.145. The number of imide groups is 1. The Balaban J connectivity index is 1.73. The minimum atomic E-state index is -4.46. The molecule has 3 rings (SSSR count). The second-order valence-corrected chi connectivity index (χ2v) is 6.75. The van der Waals surface area contributed by atoms with E-state index >= 15 is 0 Å². The minimum absolute atomic E-state index is 0.0194. The second kappa shape index (κ2) is 6.52. The zero-order valence-corrected chi connectivity index (χ0v) is 14.4. The van der Waals surface area contributed by atoms with Crippen LogP contribution in [-0.4, -0.2) is 33.6 Å². The monoisotopic (exact) mass is 385 g/mol. The van der Waals surface area contributed by atoms with Crippen LogP contribution in [0.3, 0.4) is 0 Å². The molecule has 0 spiro atoms. The maximum Gasteiger partial charge on any atom is 0.416 e. The smallest absolute Gasteiger partial charge is 0.363 e. The number of benzene rings is 1. The Hall–Kier alpha value is -2.62. The summed E-state index contributed by atoms with van der Waals surface area (Å²) in [5.74, 6) is -2.11. The summed E-state index contributed by atoms with van der Waals surface area (Å²) in [6.45, 7) is 1.86. The van der Waals surface area contributed by atoms with E-state index in [1.807, 2.05) is 5.32 Å². The first-order valence-corrected chi connectivity index (χ1v) is 8.37. The number of alkyl halides is 3. The van der Waals surface area contributed by atoms with Crippen LogP contribution in [0, 0.1) is 5.92 Å². The summed E-state index contributed by atoms with van der Waals surface area (Å²) >= 11 is 0. The average Bonchev–Trinajstić information content (AvgIpc) is 3.11. The van der Waals surface area contributed by atoms with Gasteiger partial charge < -0.3 is 15.3 Å². The van der Waals surface area contributed by atoms with Gasteiger partial charge in [-0.1, -0.05) is 13.0 Å². The van der Waals surface area contributed by atoms with Crippen LogP contribution in [0.1, 0.15) is 36.5 Å². The molecule has 1 aromatic rings. The molecule has 2 atom stereocenters. The number of fused-ring (bicyclic) bond motifs is 1. The number of carbonyl (C=O) groups is 3. The van der Waals surface area contributed by atoms with Crippen molar-refractivity contribution in [2.24, 2.45) is 5.92 Å². The van der Waals surface area contributed by atoms with Gasteiger partial charge in [0.05, 0.1) is 5.56 Å². The van der Waals surface area contributed by atoms with Gasteiger partial charge in [-0.05, 0) is 29.7 Å². The van der Waals surface area contributed by atoms with Crippen LogP contribution in [-0.2, 0) is 28.9 Å². The lowest BCUT2D eigenvalue weighted by Crippen LogP contribution is -2.50. The van der Waals surface area contributed by atoms with Gasteiger partial charge in [0.15, 0.2) is 0 Å². The van der Waals surface area contributed by atoms with Crippen LogP contribution in [0.4, 0.5) is 18.0 Å². The third-order valence-electron chi connectivity index (χ3n) is 4.87. The lowest BCUT2D eigenvalue weighted by atomic mass is 9.93. The Morgan fingerprint density at radius 3 is 2.52 bits per heavy atom. The van der Waals surface area contributed by atoms with Crippen molar-refractivity contribution >= 4 is 17.8 Å². The molecule has 2 aliphatic heterocycles. The van der Waals surface area contributed by atoms with E-state index in [-0.39, 0.29) is 25.9 Å². The second-order valence-electron chi connectivity index (χ2n) is 6.75. The number of carbonyl (C=O) groups excluding carboxylic acids is 3. The van der Waals surface area contributed by atoms with Crippen LogP contribution in [0.5, 0.6) is 0 Å².